The Bertz CT molecular complexity index is 769. The molecule has 0 aliphatic heterocycles. The lowest BCUT2D eigenvalue weighted by Gasteiger charge is -2.10. The van der Waals surface area contributed by atoms with Crippen molar-refractivity contribution in [3.63, 3.8) is 0 Å². The SMILES string of the molecule is CC(C)Oc1cccc2c1[nH]c(=S)n2Cc1ccoc1. The van der Waals surface area contributed by atoms with Gasteiger partial charge in [-0.1, -0.05) is 6.07 Å². The zero-order valence-corrected chi connectivity index (χ0v) is 12.2. The molecule has 3 aromatic rings. The van der Waals surface area contributed by atoms with Gasteiger partial charge in [-0.15, -0.1) is 0 Å². The molecule has 104 valence electrons. The lowest BCUT2D eigenvalue weighted by atomic mass is 10.2. The van der Waals surface area contributed by atoms with Crippen LogP contribution in [0.1, 0.15) is 19.4 Å². The summed E-state index contributed by atoms with van der Waals surface area (Å²) in [6.45, 7) is 4.70. The third-order valence-electron chi connectivity index (χ3n) is 3.06. The summed E-state index contributed by atoms with van der Waals surface area (Å²) in [7, 11) is 0. The quantitative estimate of drug-likeness (QED) is 0.734. The topological polar surface area (TPSA) is 43.1 Å². The summed E-state index contributed by atoms with van der Waals surface area (Å²) in [5.74, 6) is 0.828. The van der Waals surface area contributed by atoms with Crippen molar-refractivity contribution < 1.29 is 9.15 Å². The molecular formula is C15H16N2O2S. The number of nitrogens with one attached hydrogen (secondary N) is 1. The number of benzene rings is 1. The molecule has 2 heterocycles. The van der Waals surface area contributed by atoms with Crippen LogP contribution >= 0.6 is 12.2 Å². The monoisotopic (exact) mass is 288 g/mol. The number of fused-ring (bicyclic) bond motifs is 1. The van der Waals surface area contributed by atoms with Crippen molar-refractivity contribution in [3.8, 4) is 5.75 Å². The number of aromatic nitrogens is 2. The van der Waals surface area contributed by atoms with E-state index in [-0.39, 0.29) is 6.10 Å². The van der Waals surface area contributed by atoms with Crippen molar-refractivity contribution in [2.75, 3.05) is 0 Å². The van der Waals surface area contributed by atoms with Gasteiger partial charge in [0.2, 0.25) is 0 Å². The number of H-pyrrole nitrogens is 1. The first kappa shape index (κ1) is 13.0. The van der Waals surface area contributed by atoms with Gasteiger partial charge >= 0.3 is 0 Å². The Morgan fingerprint density at radius 2 is 2.20 bits per heavy atom. The molecule has 1 N–H and O–H groups in total. The van der Waals surface area contributed by atoms with E-state index in [1.807, 2.05) is 42.7 Å². The van der Waals surface area contributed by atoms with E-state index in [1.54, 1.807) is 12.5 Å². The van der Waals surface area contributed by atoms with Crippen molar-refractivity contribution in [2.24, 2.45) is 0 Å². The molecule has 20 heavy (non-hydrogen) atoms. The van der Waals surface area contributed by atoms with Crippen LogP contribution in [0.3, 0.4) is 0 Å². The standard InChI is InChI=1S/C15H16N2O2S/c1-10(2)19-13-5-3-4-12-14(13)16-15(20)17(12)8-11-6-7-18-9-11/h3-7,9-10H,8H2,1-2H3,(H,16,20). The van der Waals surface area contributed by atoms with E-state index in [2.05, 4.69) is 4.98 Å². The molecule has 0 fully saturated rings. The molecule has 4 nitrogen and oxygen atoms in total. The maximum atomic E-state index is 5.82. The summed E-state index contributed by atoms with van der Waals surface area (Å²) in [6.07, 6.45) is 3.52. The van der Waals surface area contributed by atoms with E-state index in [4.69, 9.17) is 21.4 Å². The fourth-order valence-electron chi connectivity index (χ4n) is 2.23. The fourth-order valence-corrected chi connectivity index (χ4v) is 2.49. The zero-order valence-electron chi connectivity index (χ0n) is 11.4. The van der Waals surface area contributed by atoms with Gasteiger partial charge in [0.15, 0.2) is 4.77 Å². The number of nitrogens with zero attached hydrogens (tertiary/aromatic N) is 1. The Labute approximate surface area is 122 Å². The first-order valence-corrected chi connectivity index (χ1v) is 6.95. The number of aromatic amines is 1. The highest BCUT2D eigenvalue weighted by atomic mass is 32.1. The Kier molecular flexibility index (Phi) is 3.36. The molecule has 0 aliphatic carbocycles. The minimum Gasteiger partial charge on any atom is -0.489 e. The molecule has 3 rings (SSSR count). The van der Waals surface area contributed by atoms with Gasteiger partial charge in [0.1, 0.15) is 11.3 Å². The Balaban J connectivity index is 2.09. The summed E-state index contributed by atoms with van der Waals surface area (Å²) in [5.41, 5.74) is 3.06. The van der Waals surface area contributed by atoms with E-state index in [1.165, 1.54) is 0 Å². The number of hydrogen-bond acceptors (Lipinski definition) is 3. The first-order chi connectivity index (χ1) is 9.65. The number of rotatable bonds is 4. The Hall–Kier alpha value is -2.01. The summed E-state index contributed by atoms with van der Waals surface area (Å²) >= 11 is 5.42. The number of furan rings is 1. The molecule has 0 bridgehead atoms. The number of para-hydroxylation sites is 1. The van der Waals surface area contributed by atoms with Crippen molar-refractivity contribution in [2.45, 2.75) is 26.5 Å². The van der Waals surface area contributed by atoms with Crippen molar-refractivity contribution in [3.05, 3.63) is 47.1 Å². The highest BCUT2D eigenvalue weighted by Crippen LogP contribution is 2.26. The molecule has 0 amide bonds. The summed E-state index contributed by atoms with van der Waals surface area (Å²) in [6, 6.07) is 7.91. The van der Waals surface area contributed by atoms with Gasteiger partial charge in [0.05, 0.1) is 30.7 Å². The number of ether oxygens (including phenoxy) is 1. The van der Waals surface area contributed by atoms with Gasteiger partial charge < -0.3 is 18.7 Å². The van der Waals surface area contributed by atoms with E-state index in [0.29, 0.717) is 11.3 Å². The second-order valence-corrected chi connectivity index (χ2v) is 5.35. The zero-order chi connectivity index (χ0) is 14.1. The van der Waals surface area contributed by atoms with E-state index < -0.39 is 0 Å². The van der Waals surface area contributed by atoms with Crippen LogP contribution in [0.5, 0.6) is 5.75 Å². The van der Waals surface area contributed by atoms with Crippen LogP contribution in [0, 0.1) is 4.77 Å². The third-order valence-corrected chi connectivity index (χ3v) is 3.38. The average molecular weight is 288 g/mol. The lowest BCUT2D eigenvalue weighted by Crippen LogP contribution is -2.05. The van der Waals surface area contributed by atoms with E-state index >= 15 is 0 Å². The molecule has 0 spiro atoms. The van der Waals surface area contributed by atoms with E-state index in [9.17, 15) is 0 Å². The number of imidazole rings is 1. The van der Waals surface area contributed by atoms with Crippen molar-refractivity contribution in [1.82, 2.24) is 9.55 Å². The molecule has 1 aromatic carbocycles. The van der Waals surface area contributed by atoms with Crippen LogP contribution in [0.15, 0.2) is 41.2 Å². The number of hydrogen-bond donors (Lipinski definition) is 1. The normalized spacial score (nSPS) is 11.3. The molecular weight excluding hydrogens is 272 g/mol. The predicted octanol–water partition coefficient (Wildman–Crippen LogP) is 4.13. The molecule has 0 aliphatic rings. The maximum absolute atomic E-state index is 5.82. The van der Waals surface area contributed by atoms with Crippen LogP contribution in [0.2, 0.25) is 0 Å². The van der Waals surface area contributed by atoms with Crippen LogP contribution < -0.4 is 4.74 Å². The lowest BCUT2D eigenvalue weighted by molar-refractivity contribution is 0.245. The van der Waals surface area contributed by atoms with Crippen LogP contribution in [-0.4, -0.2) is 15.7 Å². The van der Waals surface area contributed by atoms with Crippen LogP contribution in [-0.2, 0) is 6.54 Å². The van der Waals surface area contributed by atoms with Gasteiger partial charge in [0.25, 0.3) is 0 Å². The van der Waals surface area contributed by atoms with Crippen LogP contribution in [0.4, 0.5) is 0 Å². The highest BCUT2D eigenvalue weighted by Gasteiger charge is 2.11. The minimum absolute atomic E-state index is 0.125. The largest absolute Gasteiger partial charge is 0.489 e. The molecule has 0 atom stereocenters. The van der Waals surface area contributed by atoms with E-state index in [0.717, 1.165) is 22.3 Å². The summed E-state index contributed by atoms with van der Waals surface area (Å²) in [4.78, 5) is 3.24. The highest BCUT2D eigenvalue weighted by molar-refractivity contribution is 7.71. The second-order valence-electron chi connectivity index (χ2n) is 4.96. The summed E-state index contributed by atoms with van der Waals surface area (Å²) in [5, 5.41) is 0. The Morgan fingerprint density at radius 1 is 1.35 bits per heavy atom. The van der Waals surface area contributed by atoms with Crippen molar-refractivity contribution >= 4 is 23.3 Å². The third kappa shape index (κ3) is 2.36. The maximum Gasteiger partial charge on any atom is 0.178 e. The van der Waals surface area contributed by atoms with Crippen LogP contribution in [0.25, 0.3) is 11.0 Å². The van der Waals surface area contributed by atoms with Gasteiger partial charge in [-0.05, 0) is 44.3 Å². The molecule has 0 saturated heterocycles. The minimum atomic E-state index is 0.125. The second kappa shape index (κ2) is 5.17. The van der Waals surface area contributed by atoms with Crippen molar-refractivity contribution in [1.29, 1.82) is 0 Å². The van der Waals surface area contributed by atoms with Gasteiger partial charge in [0, 0.05) is 5.56 Å². The Morgan fingerprint density at radius 3 is 2.90 bits per heavy atom. The average Bonchev–Trinajstić information content (AvgIpc) is 3.00. The molecule has 5 heteroatoms. The van der Waals surface area contributed by atoms with Gasteiger partial charge in [-0.25, -0.2) is 0 Å². The molecule has 0 unspecified atom stereocenters. The first-order valence-electron chi connectivity index (χ1n) is 6.54. The fraction of sp³-hybridized carbons (Fsp3) is 0.267. The molecule has 0 saturated carbocycles. The molecule has 0 radical (unpaired) electrons. The van der Waals surface area contributed by atoms with Gasteiger partial charge in [-0.2, -0.15) is 0 Å². The summed E-state index contributed by atoms with van der Waals surface area (Å²) < 4.78 is 13.7. The smallest absolute Gasteiger partial charge is 0.178 e. The predicted molar refractivity (Wildman–Crippen MR) is 80.7 cm³/mol. The molecule has 2 aromatic heterocycles. The van der Waals surface area contributed by atoms with Gasteiger partial charge in [-0.3, -0.25) is 0 Å².